The average molecular weight is 240 g/mol. The number of nitrogens with one attached hydrogen (secondary N) is 1. The first-order valence-corrected chi connectivity index (χ1v) is 5.29. The molecule has 5 nitrogen and oxygen atoms in total. The van der Waals surface area contributed by atoms with Gasteiger partial charge in [-0.25, -0.2) is 4.79 Å². The van der Waals surface area contributed by atoms with Crippen LogP contribution >= 0.6 is 0 Å². The van der Waals surface area contributed by atoms with Crippen molar-refractivity contribution in [3.05, 3.63) is 41.7 Å². The van der Waals surface area contributed by atoms with Gasteiger partial charge in [-0.2, -0.15) is 0 Å². The maximum atomic E-state index is 10.9. The number of aromatic nitrogens is 2. The van der Waals surface area contributed by atoms with Crippen LogP contribution in [0, 0.1) is 0 Å². The van der Waals surface area contributed by atoms with Gasteiger partial charge >= 0.3 is 5.97 Å². The van der Waals surface area contributed by atoms with Crippen molar-refractivity contribution in [3.63, 3.8) is 0 Å². The van der Waals surface area contributed by atoms with Crippen LogP contribution in [-0.4, -0.2) is 27.3 Å². The number of carboxylic acids is 1. The predicted molar refractivity (Wildman–Crippen MR) is 65.9 cm³/mol. The molecule has 5 heteroatoms. The number of hydrogen-bond acceptors (Lipinski definition) is 3. The summed E-state index contributed by atoms with van der Waals surface area (Å²) in [6.07, 6.45) is 3.70. The van der Waals surface area contributed by atoms with Crippen LogP contribution in [-0.2, 0) is 0 Å². The molecule has 18 heavy (non-hydrogen) atoms. The summed E-state index contributed by atoms with van der Waals surface area (Å²) in [4.78, 5) is 28.8. The summed E-state index contributed by atoms with van der Waals surface area (Å²) in [7, 11) is 0. The SMILES string of the molecule is O=Cc1c[nH]c2c1ccc1cc(C(=O)O)cnc12. The van der Waals surface area contributed by atoms with Gasteiger partial charge in [-0.15, -0.1) is 0 Å². The summed E-state index contributed by atoms with van der Waals surface area (Å²) in [5, 5.41) is 10.4. The number of hydrogen-bond donors (Lipinski definition) is 2. The first-order chi connectivity index (χ1) is 8.70. The lowest BCUT2D eigenvalue weighted by molar-refractivity contribution is 0.0696. The molecule has 0 aliphatic carbocycles. The first kappa shape index (κ1) is 10.5. The molecule has 0 atom stereocenters. The Labute approximate surface area is 101 Å². The summed E-state index contributed by atoms with van der Waals surface area (Å²) in [5.74, 6) is -1.01. The summed E-state index contributed by atoms with van der Waals surface area (Å²) in [5.41, 5.74) is 2.11. The van der Waals surface area contributed by atoms with Crippen LogP contribution in [0.5, 0.6) is 0 Å². The monoisotopic (exact) mass is 240 g/mol. The quantitative estimate of drug-likeness (QED) is 0.673. The number of carboxylic acid groups (broad SMARTS) is 1. The molecule has 0 unspecified atom stereocenters. The Morgan fingerprint density at radius 2 is 2.22 bits per heavy atom. The van der Waals surface area contributed by atoms with E-state index in [0.29, 0.717) is 11.1 Å². The van der Waals surface area contributed by atoms with E-state index in [1.165, 1.54) is 6.20 Å². The van der Waals surface area contributed by atoms with Crippen LogP contribution in [0.15, 0.2) is 30.6 Å². The van der Waals surface area contributed by atoms with E-state index < -0.39 is 5.97 Å². The van der Waals surface area contributed by atoms with Crippen LogP contribution in [0.4, 0.5) is 0 Å². The second-order valence-electron chi connectivity index (χ2n) is 3.95. The summed E-state index contributed by atoms with van der Waals surface area (Å²) in [6, 6.07) is 5.11. The van der Waals surface area contributed by atoms with Crippen molar-refractivity contribution in [2.24, 2.45) is 0 Å². The second-order valence-corrected chi connectivity index (χ2v) is 3.95. The zero-order valence-electron chi connectivity index (χ0n) is 9.18. The highest BCUT2D eigenvalue weighted by Gasteiger charge is 2.10. The van der Waals surface area contributed by atoms with E-state index in [-0.39, 0.29) is 5.56 Å². The maximum Gasteiger partial charge on any atom is 0.337 e. The van der Waals surface area contributed by atoms with E-state index in [1.54, 1.807) is 24.4 Å². The van der Waals surface area contributed by atoms with Gasteiger partial charge in [-0.3, -0.25) is 9.78 Å². The first-order valence-electron chi connectivity index (χ1n) is 5.29. The molecule has 3 rings (SSSR count). The molecule has 0 amide bonds. The largest absolute Gasteiger partial charge is 0.478 e. The van der Waals surface area contributed by atoms with Crippen LogP contribution in [0.3, 0.4) is 0 Å². The molecule has 0 saturated carbocycles. The summed E-state index contributed by atoms with van der Waals surface area (Å²) >= 11 is 0. The molecular formula is C13H8N2O3. The van der Waals surface area contributed by atoms with E-state index in [2.05, 4.69) is 9.97 Å². The zero-order chi connectivity index (χ0) is 12.7. The molecule has 0 fully saturated rings. The third-order valence-electron chi connectivity index (χ3n) is 2.91. The van der Waals surface area contributed by atoms with Crippen molar-refractivity contribution in [1.29, 1.82) is 0 Å². The summed E-state index contributed by atoms with van der Waals surface area (Å²) < 4.78 is 0. The molecule has 0 spiro atoms. The molecule has 0 bridgehead atoms. The number of H-pyrrole nitrogens is 1. The van der Waals surface area contributed by atoms with Gasteiger partial charge in [0.25, 0.3) is 0 Å². The topological polar surface area (TPSA) is 83.0 Å². The van der Waals surface area contributed by atoms with Gasteiger partial charge < -0.3 is 10.1 Å². The molecule has 0 aliphatic rings. The standard InChI is InChI=1S/C13H8N2O3/c16-6-9-5-15-12-10(9)2-1-7-3-8(13(17)18)4-14-11(7)12/h1-6,15H,(H,17,18). The Balaban J connectivity index is 2.38. The number of carbonyl (C=O) groups is 2. The van der Waals surface area contributed by atoms with Crippen molar-refractivity contribution >= 4 is 34.1 Å². The van der Waals surface area contributed by atoms with Crippen LogP contribution in [0.1, 0.15) is 20.7 Å². The Bertz CT molecular complexity index is 789. The van der Waals surface area contributed by atoms with E-state index in [1.807, 2.05) is 0 Å². The van der Waals surface area contributed by atoms with Crippen LogP contribution in [0.2, 0.25) is 0 Å². The van der Waals surface area contributed by atoms with Gasteiger partial charge in [0.15, 0.2) is 6.29 Å². The Morgan fingerprint density at radius 3 is 2.94 bits per heavy atom. The van der Waals surface area contributed by atoms with E-state index in [0.717, 1.165) is 22.6 Å². The highest BCUT2D eigenvalue weighted by Crippen LogP contribution is 2.25. The third-order valence-corrected chi connectivity index (χ3v) is 2.91. The number of nitrogens with zero attached hydrogens (tertiary/aromatic N) is 1. The normalized spacial score (nSPS) is 10.9. The van der Waals surface area contributed by atoms with Gasteiger partial charge in [0.2, 0.25) is 0 Å². The van der Waals surface area contributed by atoms with Crippen molar-refractivity contribution < 1.29 is 14.7 Å². The molecule has 88 valence electrons. The third kappa shape index (κ3) is 1.37. The fourth-order valence-corrected chi connectivity index (χ4v) is 2.03. The van der Waals surface area contributed by atoms with Crippen LogP contribution < -0.4 is 0 Å². The molecule has 1 aromatic carbocycles. The van der Waals surface area contributed by atoms with Gasteiger partial charge in [0.05, 0.1) is 16.6 Å². The Kier molecular flexibility index (Phi) is 2.13. The lowest BCUT2D eigenvalue weighted by Gasteiger charge is -2.00. The predicted octanol–water partition coefficient (Wildman–Crippen LogP) is 2.23. The molecule has 0 saturated heterocycles. The molecule has 0 radical (unpaired) electrons. The Morgan fingerprint density at radius 1 is 1.39 bits per heavy atom. The maximum absolute atomic E-state index is 10.9. The van der Waals surface area contributed by atoms with Crippen molar-refractivity contribution in [3.8, 4) is 0 Å². The van der Waals surface area contributed by atoms with Gasteiger partial charge in [-0.1, -0.05) is 12.1 Å². The second kappa shape index (κ2) is 3.66. The van der Waals surface area contributed by atoms with Gasteiger partial charge in [-0.05, 0) is 6.07 Å². The van der Waals surface area contributed by atoms with E-state index in [9.17, 15) is 9.59 Å². The van der Waals surface area contributed by atoms with Crippen molar-refractivity contribution in [2.75, 3.05) is 0 Å². The average Bonchev–Trinajstić information content (AvgIpc) is 2.81. The number of aromatic carboxylic acids is 1. The van der Waals surface area contributed by atoms with E-state index in [4.69, 9.17) is 5.11 Å². The molecule has 2 N–H and O–H groups in total. The highest BCUT2D eigenvalue weighted by atomic mass is 16.4. The molecule has 0 aliphatic heterocycles. The number of rotatable bonds is 2. The number of carbonyl (C=O) groups excluding carboxylic acids is 1. The zero-order valence-corrected chi connectivity index (χ0v) is 9.18. The van der Waals surface area contributed by atoms with Crippen molar-refractivity contribution in [2.45, 2.75) is 0 Å². The fourth-order valence-electron chi connectivity index (χ4n) is 2.03. The number of fused-ring (bicyclic) bond motifs is 3. The van der Waals surface area contributed by atoms with Crippen molar-refractivity contribution in [1.82, 2.24) is 9.97 Å². The van der Waals surface area contributed by atoms with Gasteiger partial charge in [0.1, 0.15) is 0 Å². The Hall–Kier alpha value is -2.69. The fraction of sp³-hybridized carbons (Fsp3) is 0. The highest BCUT2D eigenvalue weighted by molar-refractivity contribution is 6.09. The summed E-state index contributed by atoms with van der Waals surface area (Å²) in [6.45, 7) is 0. The van der Waals surface area contributed by atoms with E-state index >= 15 is 0 Å². The lowest BCUT2D eigenvalue weighted by atomic mass is 10.1. The van der Waals surface area contributed by atoms with Crippen LogP contribution in [0.25, 0.3) is 21.8 Å². The number of pyridine rings is 1. The minimum Gasteiger partial charge on any atom is -0.478 e. The number of benzene rings is 1. The number of aromatic amines is 1. The minimum absolute atomic E-state index is 0.143. The molecule has 3 aromatic rings. The smallest absolute Gasteiger partial charge is 0.337 e. The lowest BCUT2D eigenvalue weighted by Crippen LogP contribution is -1.97. The minimum atomic E-state index is -1.01. The molecule has 2 aromatic heterocycles. The van der Waals surface area contributed by atoms with Gasteiger partial charge in [0, 0.05) is 28.7 Å². The molecule has 2 heterocycles. The molecular weight excluding hydrogens is 232 g/mol. The number of aldehydes is 1.